The van der Waals surface area contributed by atoms with Crippen LogP contribution in [0.1, 0.15) is 31.3 Å². The number of Topliss-reactive ketones (excluding diaryl/α,β-unsaturated/α-hetero) is 1. The highest BCUT2D eigenvalue weighted by Gasteiger charge is 2.21. The molecule has 7 nitrogen and oxygen atoms in total. The van der Waals surface area contributed by atoms with E-state index < -0.39 is 10.9 Å². The quantitative estimate of drug-likeness (QED) is 0.129. The third-order valence-corrected chi connectivity index (χ3v) is 6.58. The number of halogens is 3. The molecule has 1 heterocycles. The number of benzene rings is 2. The van der Waals surface area contributed by atoms with Gasteiger partial charge in [0.1, 0.15) is 0 Å². The van der Waals surface area contributed by atoms with E-state index in [1.165, 1.54) is 23.5 Å². The molecule has 0 radical (unpaired) electrons. The van der Waals surface area contributed by atoms with Crippen molar-refractivity contribution in [3.63, 3.8) is 0 Å². The molecule has 0 N–H and O–H groups in total. The van der Waals surface area contributed by atoms with Gasteiger partial charge in [0.25, 0.3) is 5.69 Å². The first kappa shape index (κ1) is 26.1. The Labute approximate surface area is 212 Å². The van der Waals surface area contributed by atoms with Crippen molar-refractivity contribution in [1.82, 2.24) is 0 Å². The van der Waals surface area contributed by atoms with Crippen molar-refractivity contribution in [2.24, 2.45) is 0 Å². The molecule has 0 bridgehead atoms. The van der Waals surface area contributed by atoms with Gasteiger partial charge in [0.05, 0.1) is 27.0 Å². The summed E-state index contributed by atoms with van der Waals surface area (Å²) in [6, 6.07) is 10.8. The lowest BCUT2D eigenvalue weighted by molar-refractivity contribution is -0.684. The number of hydrogen-bond donors (Lipinski definition) is 0. The number of ketones is 1. The Morgan fingerprint density at radius 3 is 2.56 bits per heavy atom. The molecule has 168 valence electrons. The molecule has 11 heteroatoms. The van der Waals surface area contributed by atoms with E-state index in [1.54, 1.807) is 12.1 Å². The zero-order chi connectivity index (χ0) is 22.5. The SMILES string of the molecule is Cc1c(CCOC(=O)c2cc([N+](=O)[O-])ccc2Cl)sc[n+]1CC(=O)c1ccc(Br)cc1.[Br-]. The summed E-state index contributed by atoms with van der Waals surface area (Å²) >= 11 is 10.8. The normalized spacial score (nSPS) is 10.3. The Morgan fingerprint density at radius 1 is 1.22 bits per heavy atom. The van der Waals surface area contributed by atoms with E-state index in [9.17, 15) is 19.7 Å². The molecule has 32 heavy (non-hydrogen) atoms. The number of nitrogens with zero attached hydrogens (tertiary/aromatic N) is 2. The van der Waals surface area contributed by atoms with Crippen LogP contribution in [0, 0.1) is 17.0 Å². The monoisotopic (exact) mass is 602 g/mol. The van der Waals surface area contributed by atoms with E-state index in [2.05, 4.69) is 15.9 Å². The molecule has 0 spiro atoms. The van der Waals surface area contributed by atoms with Crippen LogP contribution in [0.4, 0.5) is 5.69 Å². The van der Waals surface area contributed by atoms with Crippen LogP contribution < -0.4 is 21.5 Å². The third-order valence-electron chi connectivity index (χ3n) is 4.58. The fraction of sp³-hybridized carbons (Fsp3) is 0.190. The summed E-state index contributed by atoms with van der Waals surface area (Å²) in [5.41, 5.74) is 3.13. The molecule has 0 aliphatic heterocycles. The average Bonchev–Trinajstić information content (AvgIpc) is 3.08. The van der Waals surface area contributed by atoms with E-state index in [0.717, 1.165) is 21.1 Å². The van der Waals surface area contributed by atoms with Gasteiger partial charge in [-0.25, -0.2) is 4.79 Å². The molecule has 0 aliphatic carbocycles. The number of rotatable bonds is 8. The van der Waals surface area contributed by atoms with Crippen LogP contribution in [0.3, 0.4) is 0 Å². The zero-order valence-corrected chi connectivity index (χ0v) is 21.5. The average molecular weight is 605 g/mol. The van der Waals surface area contributed by atoms with Crippen molar-refractivity contribution in [3.8, 4) is 0 Å². The zero-order valence-electron chi connectivity index (χ0n) is 16.7. The Bertz CT molecular complexity index is 1150. The Hall–Kier alpha value is -2.14. The maximum atomic E-state index is 12.5. The number of aromatic nitrogens is 1. The highest BCUT2D eigenvalue weighted by atomic mass is 79.9. The Balaban J connectivity index is 0.00000363. The summed E-state index contributed by atoms with van der Waals surface area (Å²) in [6.07, 6.45) is 0.453. The first-order valence-corrected chi connectivity index (χ1v) is 11.2. The van der Waals surface area contributed by atoms with Crippen molar-refractivity contribution in [1.29, 1.82) is 0 Å². The maximum absolute atomic E-state index is 12.5. The van der Waals surface area contributed by atoms with Gasteiger partial charge in [-0.15, -0.1) is 0 Å². The van der Waals surface area contributed by atoms with Crippen LogP contribution in [-0.4, -0.2) is 23.3 Å². The largest absolute Gasteiger partial charge is 1.00 e. The number of nitro groups is 1. The van der Waals surface area contributed by atoms with Gasteiger partial charge in [-0.1, -0.05) is 51.0 Å². The number of thiazole rings is 1. The van der Waals surface area contributed by atoms with Crippen LogP contribution in [0.5, 0.6) is 0 Å². The molecular formula is C21H17Br2ClN2O5S. The van der Waals surface area contributed by atoms with Gasteiger partial charge in [0.2, 0.25) is 17.8 Å². The number of carbonyl (C=O) groups excluding carboxylic acids is 2. The van der Waals surface area contributed by atoms with E-state index >= 15 is 0 Å². The van der Waals surface area contributed by atoms with Gasteiger partial charge in [-0.05, 0) is 18.2 Å². The first-order valence-electron chi connectivity index (χ1n) is 9.12. The summed E-state index contributed by atoms with van der Waals surface area (Å²) in [5, 5.41) is 11.0. The lowest BCUT2D eigenvalue weighted by Gasteiger charge is -2.05. The fourth-order valence-electron chi connectivity index (χ4n) is 2.83. The lowest BCUT2D eigenvalue weighted by atomic mass is 10.1. The minimum Gasteiger partial charge on any atom is -1.00 e. The Kier molecular flexibility index (Phi) is 9.50. The molecule has 3 rings (SSSR count). The molecule has 3 aromatic rings. The van der Waals surface area contributed by atoms with Gasteiger partial charge in [0, 0.05) is 35.5 Å². The van der Waals surface area contributed by atoms with Crippen molar-refractivity contribution in [3.05, 3.63) is 89.3 Å². The van der Waals surface area contributed by atoms with Crippen LogP contribution in [-0.2, 0) is 17.7 Å². The van der Waals surface area contributed by atoms with Gasteiger partial charge in [-0.2, -0.15) is 4.57 Å². The molecule has 0 amide bonds. The van der Waals surface area contributed by atoms with Crippen LogP contribution in [0.2, 0.25) is 5.02 Å². The predicted octanol–water partition coefficient (Wildman–Crippen LogP) is 1.95. The van der Waals surface area contributed by atoms with Gasteiger partial charge in [-0.3, -0.25) is 14.9 Å². The lowest BCUT2D eigenvalue weighted by Crippen LogP contribution is -3.00. The standard InChI is InChI=1S/C21H17BrClN2O5S.BrH/c1-13-20(31-12-24(13)11-19(26)14-2-4-15(22)5-3-14)8-9-30-21(27)17-10-16(25(28)29)6-7-18(17)23;/h2-7,10,12H,8-9,11H2,1H3;1H/q+1;/p-1. The smallest absolute Gasteiger partial charge is 0.339 e. The number of non-ortho nitro benzene ring substituents is 1. The summed E-state index contributed by atoms with van der Waals surface area (Å²) in [6.45, 7) is 2.20. The molecule has 0 saturated heterocycles. The minimum absolute atomic E-state index is 0. The topological polar surface area (TPSA) is 90.4 Å². The Morgan fingerprint density at radius 2 is 1.91 bits per heavy atom. The number of esters is 1. The van der Waals surface area contributed by atoms with Crippen molar-refractivity contribution in [2.45, 2.75) is 19.9 Å². The van der Waals surface area contributed by atoms with E-state index in [0.29, 0.717) is 12.0 Å². The molecule has 0 atom stereocenters. The summed E-state index contributed by atoms with van der Waals surface area (Å²) in [4.78, 5) is 36.0. The van der Waals surface area contributed by atoms with Gasteiger partial charge < -0.3 is 21.7 Å². The van der Waals surface area contributed by atoms with Crippen molar-refractivity contribution < 1.29 is 40.8 Å². The van der Waals surface area contributed by atoms with Crippen molar-refractivity contribution >= 4 is 56.3 Å². The van der Waals surface area contributed by atoms with Crippen molar-refractivity contribution in [2.75, 3.05) is 6.61 Å². The summed E-state index contributed by atoms with van der Waals surface area (Å²) in [5.74, 6) is -0.724. The van der Waals surface area contributed by atoms with Gasteiger partial charge >= 0.3 is 5.97 Å². The molecular weight excluding hydrogens is 588 g/mol. The van der Waals surface area contributed by atoms with E-state index in [4.69, 9.17) is 16.3 Å². The molecule has 0 aliphatic rings. The second kappa shape index (κ2) is 11.6. The van der Waals surface area contributed by atoms with E-state index in [1.807, 2.05) is 29.1 Å². The predicted molar refractivity (Wildman–Crippen MR) is 120 cm³/mol. The number of ether oxygens (including phenoxy) is 1. The van der Waals surface area contributed by atoms with Crippen LogP contribution in [0.15, 0.2) is 52.4 Å². The van der Waals surface area contributed by atoms with Crippen LogP contribution in [0.25, 0.3) is 0 Å². The maximum Gasteiger partial charge on any atom is 0.339 e. The van der Waals surface area contributed by atoms with Crippen LogP contribution >= 0.6 is 38.9 Å². The molecule has 0 unspecified atom stereocenters. The third kappa shape index (κ3) is 6.44. The highest BCUT2D eigenvalue weighted by molar-refractivity contribution is 9.10. The minimum atomic E-state index is -0.721. The molecule has 0 saturated carbocycles. The second-order valence-electron chi connectivity index (χ2n) is 6.60. The second-order valence-corrected chi connectivity index (χ2v) is 8.86. The molecule has 0 fully saturated rings. The number of nitro benzene ring substituents is 1. The molecule has 2 aromatic carbocycles. The van der Waals surface area contributed by atoms with E-state index in [-0.39, 0.29) is 52.2 Å². The number of carbonyl (C=O) groups is 2. The highest BCUT2D eigenvalue weighted by Crippen LogP contribution is 2.23. The number of hydrogen-bond acceptors (Lipinski definition) is 6. The van der Waals surface area contributed by atoms with Gasteiger partial charge in [0.15, 0.2) is 5.69 Å². The summed E-state index contributed by atoms with van der Waals surface area (Å²) < 4.78 is 8.03. The first-order chi connectivity index (χ1) is 14.8. The fourth-order valence-corrected chi connectivity index (χ4v) is 4.26. The summed E-state index contributed by atoms with van der Waals surface area (Å²) in [7, 11) is 0. The molecule has 1 aromatic heterocycles.